The lowest BCUT2D eigenvalue weighted by molar-refractivity contribution is 0.529. The van der Waals surface area contributed by atoms with Crippen molar-refractivity contribution in [3.8, 4) is 0 Å². The zero-order valence-corrected chi connectivity index (χ0v) is 11.9. The first-order valence-corrected chi connectivity index (χ1v) is 7.36. The Bertz CT molecular complexity index is 527. The van der Waals surface area contributed by atoms with Gasteiger partial charge in [-0.15, -0.1) is 0 Å². The standard InChI is InChI=1S/C19H22/c1-15-9-3-5-11-17(15)19(13-7-8-14-19)18-12-6-4-10-16(18)2/h3-6,9-12H,7-8,13-14H2,1-2H3. The summed E-state index contributed by atoms with van der Waals surface area (Å²) in [4.78, 5) is 0. The Kier molecular flexibility index (Phi) is 3.18. The highest BCUT2D eigenvalue weighted by Crippen LogP contribution is 2.48. The van der Waals surface area contributed by atoms with E-state index in [-0.39, 0.29) is 5.41 Å². The molecule has 0 unspecified atom stereocenters. The Balaban J connectivity index is 2.21. The molecule has 1 aliphatic rings. The van der Waals surface area contributed by atoms with Gasteiger partial charge in [-0.2, -0.15) is 0 Å². The number of rotatable bonds is 2. The lowest BCUT2D eigenvalue weighted by atomic mass is 9.70. The van der Waals surface area contributed by atoms with Gasteiger partial charge in [-0.25, -0.2) is 0 Å². The Labute approximate surface area is 116 Å². The summed E-state index contributed by atoms with van der Waals surface area (Å²) in [5.41, 5.74) is 6.22. The molecule has 2 aromatic carbocycles. The fourth-order valence-corrected chi connectivity index (χ4v) is 3.88. The minimum absolute atomic E-state index is 0.261. The predicted octanol–water partition coefficient (Wildman–Crippen LogP) is 5.16. The molecular formula is C19H22. The molecule has 0 radical (unpaired) electrons. The number of aryl methyl sites for hydroxylation is 2. The molecule has 98 valence electrons. The lowest BCUT2D eigenvalue weighted by Crippen LogP contribution is -2.25. The van der Waals surface area contributed by atoms with Crippen LogP contribution in [0.2, 0.25) is 0 Å². The van der Waals surface area contributed by atoms with Gasteiger partial charge < -0.3 is 0 Å². The highest BCUT2D eigenvalue weighted by molar-refractivity contribution is 5.47. The van der Waals surface area contributed by atoms with Gasteiger partial charge in [0.25, 0.3) is 0 Å². The first kappa shape index (κ1) is 12.5. The molecule has 1 saturated carbocycles. The van der Waals surface area contributed by atoms with E-state index in [1.165, 1.54) is 36.8 Å². The average Bonchev–Trinajstić information content (AvgIpc) is 2.90. The van der Waals surface area contributed by atoms with Crippen LogP contribution in [0.3, 0.4) is 0 Å². The maximum Gasteiger partial charge on any atom is 0.0208 e. The van der Waals surface area contributed by atoms with Gasteiger partial charge in [0.2, 0.25) is 0 Å². The molecule has 0 bridgehead atoms. The Morgan fingerprint density at radius 2 is 1.11 bits per heavy atom. The van der Waals surface area contributed by atoms with Crippen molar-refractivity contribution in [3.05, 3.63) is 70.8 Å². The lowest BCUT2D eigenvalue weighted by Gasteiger charge is -2.33. The Morgan fingerprint density at radius 1 is 0.684 bits per heavy atom. The molecule has 0 atom stereocenters. The van der Waals surface area contributed by atoms with E-state index in [2.05, 4.69) is 62.4 Å². The molecule has 0 N–H and O–H groups in total. The van der Waals surface area contributed by atoms with Crippen LogP contribution >= 0.6 is 0 Å². The summed E-state index contributed by atoms with van der Waals surface area (Å²) in [5, 5.41) is 0. The van der Waals surface area contributed by atoms with Crippen LogP contribution in [0.5, 0.6) is 0 Å². The molecule has 0 heterocycles. The van der Waals surface area contributed by atoms with E-state index in [0.717, 1.165) is 0 Å². The molecule has 2 aromatic rings. The van der Waals surface area contributed by atoms with Crippen molar-refractivity contribution in [3.63, 3.8) is 0 Å². The van der Waals surface area contributed by atoms with Crippen LogP contribution in [0.15, 0.2) is 48.5 Å². The van der Waals surface area contributed by atoms with E-state index >= 15 is 0 Å². The molecule has 0 aliphatic heterocycles. The van der Waals surface area contributed by atoms with Crippen LogP contribution in [0.25, 0.3) is 0 Å². The summed E-state index contributed by atoms with van der Waals surface area (Å²) in [6.45, 7) is 4.52. The van der Waals surface area contributed by atoms with Crippen molar-refractivity contribution in [2.24, 2.45) is 0 Å². The normalized spacial score (nSPS) is 17.6. The smallest absolute Gasteiger partial charge is 0.0208 e. The Hall–Kier alpha value is -1.56. The summed E-state index contributed by atoms with van der Waals surface area (Å²) >= 11 is 0. The quantitative estimate of drug-likeness (QED) is 0.690. The molecule has 0 saturated heterocycles. The van der Waals surface area contributed by atoms with Crippen LogP contribution in [0.4, 0.5) is 0 Å². The molecule has 0 aromatic heterocycles. The van der Waals surface area contributed by atoms with E-state index in [1.807, 2.05) is 0 Å². The van der Waals surface area contributed by atoms with E-state index in [0.29, 0.717) is 0 Å². The van der Waals surface area contributed by atoms with Crippen LogP contribution < -0.4 is 0 Å². The van der Waals surface area contributed by atoms with Gasteiger partial charge >= 0.3 is 0 Å². The maximum absolute atomic E-state index is 2.34. The maximum atomic E-state index is 2.34. The van der Waals surface area contributed by atoms with Crippen molar-refractivity contribution < 1.29 is 0 Å². The zero-order valence-electron chi connectivity index (χ0n) is 11.9. The molecule has 0 amide bonds. The van der Waals surface area contributed by atoms with E-state index < -0.39 is 0 Å². The highest BCUT2D eigenvalue weighted by atomic mass is 14.4. The number of benzene rings is 2. The summed E-state index contributed by atoms with van der Waals surface area (Å²) in [6.07, 6.45) is 5.29. The van der Waals surface area contributed by atoms with Gasteiger partial charge in [0.05, 0.1) is 0 Å². The molecule has 19 heavy (non-hydrogen) atoms. The fraction of sp³-hybridized carbons (Fsp3) is 0.368. The molecule has 1 fully saturated rings. The van der Waals surface area contributed by atoms with Gasteiger partial charge in [-0.1, -0.05) is 61.4 Å². The summed E-state index contributed by atoms with van der Waals surface area (Å²) < 4.78 is 0. The van der Waals surface area contributed by atoms with E-state index in [9.17, 15) is 0 Å². The van der Waals surface area contributed by atoms with Crippen molar-refractivity contribution >= 4 is 0 Å². The van der Waals surface area contributed by atoms with Crippen molar-refractivity contribution in [2.75, 3.05) is 0 Å². The van der Waals surface area contributed by atoms with Gasteiger partial charge in [-0.05, 0) is 48.9 Å². The number of hydrogen-bond acceptors (Lipinski definition) is 0. The molecule has 0 heteroatoms. The highest BCUT2D eigenvalue weighted by Gasteiger charge is 2.38. The first-order valence-electron chi connectivity index (χ1n) is 7.36. The summed E-state index contributed by atoms with van der Waals surface area (Å²) in [5.74, 6) is 0. The van der Waals surface area contributed by atoms with Crippen LogP contribution in [0.1, 0.15) is 47.9 Å². The Morgan fingerprint density at radius 3 is 1.53 bits per heavy atom. The van der Waals surface area contributed by atoms with Gasteiger partial charge in [0.1, 0.15) is 0 Å². The predicted molar refractivity (Wildman–Crippen MR) is 81.6 cm³/mol. The minimum Gasteiger partial charge on any atom is -0.0620 e. The third-order valence-electron chi connectivity index (χ3n) is 4.78. The van der Waals surface area contributed by atoms with Crippen molar-refractivity contribution in [1.29, 1.82) is 0 Å². The first-order chi connectivity index (χ1) is 9.24. The van der Waals surface area contributed by atoms with E-state index in [1.54, 1.807) is 11.1 Å². The summed E-state index contributed by atoms with van der Waals surface area (Å²) in [6, 6.07) is 17.9. The fourth-order valence-electron chi connectivity index (χ4n) is 3.88. The third kappa shape index (κ3) is 2.00. The second-order valence-corrected chi connectivity index (χ2v) is 5.92. The van der Waals surface area contributed by atoms with Crippen molar-refractivity contribution in [1.82, 2.24) is 0 Å². The average molecular weight is 250 g/mol. The minimum atomic E-state index is 0.261. The second kappa shape index (κ2) is 4.85. The van der Waals surface area contributed by atoms with Crippen LogP contribution in [-0.4, -0.2) is 0 Å². The topological polar surface area (TPSA) is 0 Å². The third-order valence-corrected chi connectivity index (χ3v) is 4.78. The molecule has 3 rings (SSSR count). The monoisotopic (exact) mass is 250 g/mol. The molecular weight excluding hydrogens is 228 g/mol. The van der Waals surface area contributed by atoms with Gasteiger partial charge in [0.15, 0.2) is 0 Å². The number of hydrogen-bond donors (Lipinski definition) is 0. The SMILES string of the molecule is Cc1ccccc1C1(c2ccccc2C)CCCC1. The molecule has 0 nitrogen and oxygen atoms in total. The van der Waals surface area contributed by atoms with Gasteiger partial charge in [-0.3, -0.25) is 0 Å². The zero-order chi connectivity index (χ0) is 13.3. The van der Waals surface area contributed by atoms with Crippen molar-refractivity contribution in [2.45, 2.75) is 44.9 Å². The largest absolute Gasteiger partial charge is 0.0620 e. The molecule has 1 aliphatic carbocycles. The van der Waals surface area contributed by atoms with Gasteiger partial charge in [0, 0.05) is 5.41 Å². The summed E-state index contributed by atoms with van der Waals surface area (Å²) in [7, 11) is 0. The van der Waals surface area contributed by atoms with E-state index in [4.69, 9.17) is 0 Å². The molecule has 0 spiro atoms. The van der Waals surface area contributed by atoms with Crippen LogP contribution in [-0.2, 0) is 5.41 Å². The second-order valence-electron chi connectivity index (χ2n) is 5.92. The van der Waals surface area contributed by atoms with Crippen LogP contribution in [0, 0.1) is 13.8 Å².